The number of nitrogens with zero attached hydrogens (tertiary/aromatic N) is 4. The van der Waals surface area contributed by atoms with E-state index < -0.39 is 0 Å². The highest BCUT2D eigenvalue weighted by atomic mass is 32.1. The Kier molecular flexibility index (Phi) is 4.71. The van der Waals surface area contributed by atoms with Gasteiger partial charge < -0.3 is 14.4 Å². The van der Waals surface area contributed by atoms with E-state index in [1.54, 1.807) is 11.3 Å². The minimum atomic E-state index is -0.0207. The zero-order valence-corrected chi connectivity index (χ0v) is 15.6. The van der Waals surface area contributed by atoms with Crippen LogP contribution in [0.2, 0.25) is 0 Å². The number of thiazole rings is 1. The lowest BCUT2D eigenvalue weighted by Gasteiger charge is -2.50. The lowest BCUT2D eigenvalue weighted by molar-refractivity contribution is -0.0513. The number of rotatable bonds is 6. The molecule has 0 radical (unpaired) electrons. The summed E-state index contributed by atoms with van der Waals surface area (Å²) in [5.41, 5.74) is 1.96. The smallest absolute Gasteiger partial charge is 0.151 e. The first-order chi connectivity index (χ1) is 12.1. The predicted octanol–water partition coefficient (Wildman–Crippen LogP) is 2.75. The van der Waals surface area contributed by atoms with Gasteiger partial charge in [0.15, 0.2) is 5.82 Å². The Hall–Kier alpha value is -1.57. The summed E-state index contributed by atoms with van der Waals surface area (Å²) in [4.78, 5) is 6.69. The molecule has 25 heavy (non-hydrogen) atoms. The lowest BCUT2D eigenvalue weighted by Crippen LogP contribution is -2.65. The van der Waals surface area contributed by atoms with Crippen LogP contribution in [0.25, 0.3) is 0 Å². The monoisotopic (exact) mass is 360 g/mol. The van der Waals surface area contributed by atoms with Crippen LogP contribution in [-0.2, 0) is 16.1 Å². The van der Waals surface area contributed by atoms with Crippen LogP contribution in [0.4, 0.5) is 5.82 Å². The second-order valence-electron chi connectivity index (χ2n) is 6.99. The summed E-state index contributed by atoms with van der Waals surface area (Å²) in [6.45, 7) is 8.00. The number of aromatic nitrogens is 3. The van der Waals surface area contributed by atoms with Gasteiger partial charge in [0.25, 0.3) is 0 Å². The number of aryl methyl sites for hydroxylation is 2. The molecule has 2 aliphatic heterocycles. The van der Waals surface area contributed by atoms with E-state index in [0.29, 0.717) is 12.5 Å². The minimum absolute atomic E-state index is 0.0207. The predicted molar refractivity (Wildman–Crippen MR) is 96.9 cm³/mol. The number of hydrogen-bond acceptors (Lipinski definition) is 7. The maximum Gasteiger partial charge on any atom is 0.151 e. The largest absolute Gasteiger partial charge is 0.375 e. The van der Waals surface area contributed by atoms with E-state index in [4.69, 9.17) is 9.47 Å². The topological polar surface area (TPSA) is 60.4 Å². The molecule has 6 nitrogen and oxygen atoms in total. The van der Waals surface area contributed by atoms with Crippen molar-refractivity contribution in [3.05, 3.63) is 33.9 Å². The molecule has 2 aliphatic rings. The van der Waals surface area contributed by atoms with Crippen molar-refractivity contribution in [1.29, 1.82) is 0 Å². The molecule has 1 atom stereocenters. The van der Waals surface area contributed by atoms with Gasteiger partial charge in [0.1, 0.15) is 5.60 Å². The van der Waals surface area contributed by atoms with Crippen molar-refractivity contribution in [1.82, 2.24) is 15.2 Å². The van der Waals surface area contributed by atoms with E-state index in [0.717, 1.165) is 61.4 Å². The van der Waals surface area contributed by atoms with Gasteiger partial charge in [-0.05, 0) is 44.7 Å². The van der Waals surface area contributed by atoms with Gasteiger partial charge in [-0.1, -0.05) is 0 Å². The lowest BCUT2D eigenvalue weighted by atomic mass is 9.79. The highest BCUT2D eigenvalue weighted by Gasteiger charge is 2.53. The van der Waals surface area contributed by atoms with Gasteiger partial charge in [-0.3, -0.25) is 0 Å². The summed E-state index contributed by atoms with van der Waals surface area (Å²) in [7, 11) is 0. The average molecular weight is 360 g/mol. The summed E-state index contributed by atoms with van der Waals surface area (Å²) in [6.07, 6.45) is 2.16. The molecule has 2 aromatic rings. The Labute approximate surface area is 152 Å². The fraction of sp³-hybridized carbons (Fsp3) is 0.611. The second kappa shape index (κ2) is 6.97. The van der Waals surface area contributed by atoms with Crippen LogP contribution in [-0.4, -0.2) is 47.1 Å². The van der Waals surface area contributed by atoms with E-state index in [9.17, 15) is 0 Å². The van der Waals surface area contributed by atoms with Crippen molar-refractivity contribution in [2.24, 2.45) is 5.92 Å². The molecule has 4 heterocycles. The van der Waals surface area contributed by atoms with E-state index in [1.807, 2.05) is 26.0 Å². The Morgan fingerprint density at radius 3 is 2.92 bits per heavy atom. The molecule has 0 saturated carbocycles. The molecule has 0 aromatic carbocycles. The maximum absolute atomic E-state index is 6.13. The third-order valence-electron chi connectivity index (χ3n) is 5.15. The first-order valence-corrected chi connectivity index (χ1v) is 9.71. The van der Waals surface area contributed by atoms with Crippen molar-refractivity contribution in [3.63, 3.8) is 0 Å². The fourth-order valence-corrected chi connectivity index (χ4v) is 4.34. The quantitative estimate of drug-likeness (QED) is 0.738. The Morgan fingerprint density at radius 2 is 2.20 bits per heavy atom. The molecule has 2 aromatic heterocycles. The Bertz CT molecular complexity index is 712. The van der Waals surface area contributed by atoms with E-state index >= 15 is 0 Å². The molecule has 2 fully saturated rings. The van der Waals surface area contributed by atoms with Crippen LogP contribution in [0.1, 0.15) is 29.2 Å². The van der Waals surface area contributed by atoms with Crippen LogP contribution in [0, 0.1) is 19.8 Å². The Balaban J connectivity index is 1.26. The van der Waals surface area contributed by atoms with Crippen molar-refractivity contribution in [3.8, 4) is 0 Å². The maximum atomic E-state index is 6.13. The van der Waals surface area contributed by atoms with Gasteiger partial charge in [0, 0.05) is 18.6 Å². The number of anilines is 1. The summed E-state index contributed by atoms with van der Waals surface area (Å²) in [5.74, 6) is 1.50. The van der Waals surface area contributed by atoms with Gasteiger partial charge in [0.05, 0.1) is 36.1 Å². The van der Waals surface area contributed by atoms with Crippen LogP contribution in [0.5, 0.6) is 0 Å². The molecule has 4 rings (SSSR count). The molecule has 0 amide bonds. The first-order valence-electron chi connectivity index (χ1n) is 8.83. The van der Waals surface area contributed by atoms with Crippen LogP contribution in [0.15, 0.2) is 17.5 Å². The van der Waals surface area contributed by atoms with Crippen molar-refractivity contribution < 1.29 is 9.47 Å². The summed E-state index contributed by atoms with van der Waals surface area (Å²) in [5, 5.41) is 11.6. The summed E-state index contributed by atoms with van der Waals surface area (Å²) in [6, 6.07) is 4.05. The standard InChI is InChI=1S/C18H24N4O2S/c1-13-3-4-17(21-20-13)22-11-18(12-22)15(6-8-24-18)5-7-23-9-16-10-25-14(2)19-16/h3-4,10,15H,5-9,11-12H2,1-2H3. The normalized spacial score (nSPS) is 21.7. The summed E-state index contributed by atoms with van der Waals surface area (Å²) >= 11 is 1.67. The molecular formula is C18H24N4O2S. The van der Waals surface area contributed by atoms with Gasteiger partial charge in [-0.2, -0.15) is 5.10 Å². The van der Waals surface area contributed by atoms with E-state index in [-0.39, 0.29) is 5.60 Å². The number of ether oxygens (including phenoxy) is 2. The molecule has 7 heteroatoms. The molecule has 0 aliphatic carbocycles. The zero-order chi connectivity index (χ0) is 17.3. The third-order valence-corrected chi connectivity index (χ3v) is 5.97. The molecule has 1 unspecified atom stereocenters. The van der Waals surface area contributed by atoms with Gasteiger partial charge in [-0.25, -0.2) is 4.98 Å². The summed E-state index contributed by atoms with van der Waals surface area (Å²) < 4.78 is 12.0. The van der Waals surface area contributed by atoms with Gasteiger partial charge in [0.2, 0.25) is 0 Å². The molecular weight excluding hydrogens is 336 g/mol. The average Bonchev–Trinajstić information content (AvgIpc) is 3.17. The van der Waals surface area contributed by atoms with Gasteiger partial charge in [-0.15, -0.1) is 16.4 Å². The SMILES string of the molecule is Cc1ccc(N2CC3(C2)OCCC3CCOCc2csc(C)n2)nn1. The first kappa shape index (κ1) is 16.9. The van der Waals surface area contributed by atoms with E-state index in [2.05, 4.69) is 25.5 Å². The minimum Gasteiger partial charge on any atom is -0.375 e. The fourth-order valence-electron chi connectivity index (χ4n) is 3.74. The van der Waals surface area contributed by atoms with Crippen LogP contribution < -0.4 is 4.90 Å². The van der Waals surface area contributed by atoms with Crippen LogP contribution >= 0.6 is 11.3 Å². The molecule has 0 bridgehead atoms. The van der Waals surface area contributed by atoms with Crippen molar-refractivity contribution in [2.75, 3.05) is 31.2 Å². The molecule has 134 valence electrons. The van der Waals surface area contributed by atoms with Crippen LogP contribution in [0.3, 0.4) is 0 Å². The van der Waals surface area contributed by atoms with Crippen molar-refractivity contribution >= 4 is 17.2 Å². The number of hydrogen-bond donors (Lipinski definition) is 0. The van der Waals surface area contributed by atoms with Crippen molar-refractivity contribution in [2.45, 2.75) is 38.9 Å². The molecule has 2 saturated heterocycles. The molecule has 0 N–H and O–H groups in total. The van der Waals surface area contributed by atoms with Gasteiger partial charge >= 0.3 is 0 Å². The third kappa shape index (κ3) is 3.54. The highest BCUT2D eigenvalue weighted by molar-refractivity contribution is 7.09. The Morgan fingerprint density at radius 1 is 1.32 bits per heavy atom. The second-order valence-corrected chi connectivity index (χ2v) is 8.05. The van der Waals surface area contributed by atoms with E-state index in [1.165, 1.54) is 0 Å². The highest BCUT2D eigenvalue weighted by Crippen LogP contribution is 2.42. The zero-order valence-electron chi connectivity index (χ0n) is 14.8. The molecule has 1 spiro atoms.